The average Bonchev–Trinajstić information content (AvgIpc) is 3.26. The van der Waals surface area contributed by atoms with E-state index in [4.69, 9.17) is 4.98 Å². The van der Waals surface area contributed by atoms with Crippen LogP contribution in [0, 0.1) is 6.92 Å². The molecule has 4 rings (SSSR count). The number of anilines is 1. The van der Waals surface area contributed by atoms with Gasteiger partial charge in [-0.05, 0) is 44.2 Å². The van der Waals surface area contributed by atoms with E-state index in [0.717, 1.165) is 19.6 Å². The Balaban J connectivity index is 1.68. The molecule has 0 spiro atoms. The fourth-order valence-electron chi connectivity index (χ4n) is 4.10. The summed E-state index contributed by atoms with van der Waals surface area (Å²) in [4.78, 5) is 7.57. The lowest BCUT2D eigenvalue weighted by Gasteiger charge is -2.22. The van der Waals surface area contributed by atoms with Crippen LogP contribution in [-0.4, -0.2) is 24.1 Å². The molecule has 3 nitrogen and oxygen atoms in total. The molecular formula is C20H27N3. The maximum absolute atomic E-state index is 5.09. The zero-order valence-electron chi connectivity index (χ0n) is 14.1. The van der Waals surface area contributed by atoms with Gasteiger partial charge in [0.25, 0.3) is 0 Å². The van der Waals surface area contributed by atoms with Gasteiger partial charge < -0.3 is 10.2 Å². The predicted molar refractivity (Wildman–Crippen MR) is 97.0 cm³/mol. The zero-order chi connectivity index (χ0) is 15.6. The molecule has 1 aromatic heterocycles. The van der Waals surface area contributed by atoms with Crippen LogP contribution in [0.1, 0.15) is 49.7 Å². The van der Waals surface area contributed by atoms with Gasteiger partial charge in [0.15, 0.2) is 0 Å². The summed E-state index contributed by atoms with van der Waals surface area (Å²) in [5, 5.41) is 5.05. The minimum absolute atomic E-state index is 0.703. The lowest BCUT2D eigenvalue weighted by atomic mass is 10.1. The van der Waals surface area contributed by atoms with Crippen molar-refractivity contribution in [2.75, 3.05) is 18.0 Å². The second-order valence-electron chi connectivity index (χ2n) is 7.17. The van der Waals surface area contributed by atoms with Crippen LogP contribution < -0.4 is 10.2 Å². The van der Waals surface area contributed by atoms with Crippen LogP contribution in [0.5, 0.6) is 0 Å². The molecule has 3 heteroatoms. The van der Waals surface area contributed by atoms with E-state index in [1.165, 1.54) is 66.4 Å². The van der Waals surface area contributed by atoms with Gasteiger partial charge in [0.05, 0.1) is 5.52 Å². The van der Waals surface area contributed by atoms with Gasteiger partial charge in [0.1, 0.15) is 5.82 Å². The molecule has 0 radical (unpaired) electrons. The van der Waals surface area contributed by atoms with Crippen molar-refractivity contribution in [3.8, 4) is 0 Å². The number of aromatic nitrogens is 1. The Kier molecular flexibility index (Phi) is 4.21. The highest BCUT2D eigenvalue weighted by molar-refractivity contribution is 5.84. The van der Waals surface area contributed by atoms with Crippen LogP contribution in [0.2, 0.25) is 0 Å². The number of aryl methyl sites for hydroxylation is 1. The smallest absolute Gasteiger partial charge is 0.133 e. The van der Waals surface area contributed by atoms with Crippen molar-refractivity contribution in [3.63, 3.8) is 0 Å². The number of hydrogen-bond donors (Lipinski definition) is 1. The highest BCUT2D eigenvalue weighted by Crippen LogP contribution is 2.28. The van der Waals surface area contributed by atoms with Crippen molar-refractivity contribution in [1.29, 1.82) is 0 Å². The molecule has 0 unspecified atom stereocenters. The first-order valence-electron chi connectivity index (χ1n) is 9.19. The number of nitrogens with zero attached hydrogens (tertiary/aromatic N) is 2. The first-order valence-corrected chi connectivity index (χ1v) is 9.19. The number of hydrogen-bond acceptors (Lipinski definition) is 3. The molecule has 2 aromatic rings. The Labute approximate surface area is 139 Å². The molecule has 23 heavy (non-hydrogen) atoms. The van der Waals surface area contributed by atoms with Crippen molar-refractivity contribution >= 4 is 16.7 Å². The zero-order valence-corrected chi connectivity index (χ0v) is 14.1. The lowest BCUT2D eigenvalue weighted by Crippen LogP contribution is -2.28. The van der Waals surface area contributed by atoms with Gasteiger partial charge in [-0.3, -0.25) is 0 Å². The average molecular weight is 309 g/mol. The summed E-state index contributed by atoms with van der Waals surface area (Å²) in [5.41, 5.74) is 3.81. The SMILES string of the molecule is Cc1cccc2cc(CNC3CCCC3)c(N3CCCC3)nc12. The summed E-state index contributed by atoms with van der Waals surface area (Å²) in [6.07, 6.45) is 8.02. The van der Waals surface area contributed by atoms with Crippen molar-refractivity contribution in [3.05, 3.63) is 35.4 Å². The molecule has 0 bridgehead atoms. The molecule has 1 saturated heterocycles. The molecule has 1 aromatic carbocycles. The molecule has 1 N–H and O–H groups in total. The summed E-state index contributed by atoms with van der Waals surface area (Å²) in [6.45, 7) is 5.43. The third-order valence-corrected chi connectivity index (χ3v) is 5.45. The first kappa shape index (κ1) is 14.9. The molecule has 1 aliphatic heterocycles. The van der Waals surface area contributed by atoms with Crippen molar-refractivity contribution in [1.82, 2.24) is 10.3 Å². The maximum Gasteiger partial charge on any atom is 0.133 e. The van der Waals surface area contributed by atoms with Crippen LogP contribution in [0.15, 0.2) is 24.3 Å². The van der Waals surface area contributed by atoms with E-state index in [-0.39, 0.29) is 0 Å². The second kappa shape index (κ2) is 6.48. The van der Waals surface area contributed by atoms with Crippen molar-refractivity contribution in [2.45, 2.75) is 58.0 Å². The predicted octanol–water partition coefficient (Wildman–Crippen LogP) is 4.18. The Morgan fingerprint density at radius 2 is 1.91 bits per heavy atom. The number of benzene rings is 1. The van der Waals surface area contributed by atoms with Crippen molar-refractivity contribution in [2.24, 2.45) is 0 Å². The molecule has 122 valence electrons. The quantitative estimate of drug-likeness (QED) is 0.918. The van der Waals surface area contributed by atoms with E-state index in [2.05, 4.69) is 41.4 Å². The van der Waals surface area contributed by atoms with Crippen LogP contribution in [0.25, 0.3) is 10.9 Å². The molecule has 2 aliphatic rings. The molecule has 2 heterocycles. The summed E-state index contributed by atoms with van der Waals surface area (Å²) >= 11 is 0. The first-order chi connectivity index (χ1) is 11.3. The monoisotopic (exact) mass is 309 g/mol. The van der Waals surface area contributed by atoms with Crippen LogP contribution in [0.3, 0.4) is 0 Å². The van der Waals surface area contributed by atoms with Gasteiger partial charge in [-0.25, -0.2) is 4.98 Å². The number of fused-ring (bicyclic) bond motifs is 1. The number of para-hydroxylation sites is 1. The fraction of sp³-hybridized carbons (Fsp3) is 0.550. The Morgan fingerprint density at radius 3 is 2.70 bits per heavy atom. The normalized spacial score (nSPS) is 19.1. The van der Waals surface area contributed by atoms with Gasteiger partial charge in [0.2, 0.25) is 0 Å². The van der Waals surface area contributed by atoms with Gasteiger partial charge in [-0.15, -0.1) is 0 Å². The lowest BCUT2D eigenvalue weighted by molar-refractivity contribution is 0.524. The summed E-state index contributed by atoms with van der Waals surface area (Å²) < 4.78 is 0. The van der Waals surface area contributed by atoms with Gasteiger partial charge in [-0.2, -0.15) is 0 Å². The van der Waals surface area contributed by atoms with E-state index in [0.29, 0.717) is 6.04 Å². The summed E-state index contributed by atoms with van der Waals surface area (Å²) in [5.74, 6) is 1.22. The van der Waals surface area contributed by atoms with Crippen LogP contribution in [-0.2, 0) is 6.54 Å². The molecule has 0 amide bonds. The Bertz CT molecular complexity index is 683. The van der Waals surface area contributed by atoms with Gasteiger partial charge in [0, 0.05) is 36.6 Å². The third kappa shape index (κ3) is 3.07. The van der Waals surface area contributed by atoms with Crippen LogP contribution >= 0.6 is 0 Å². The topological polar surface area (TPSA) is 28.2 Å². The van der Waals surface area contributed by atoms with E-state index >= 15 is 0 Å². The molecule has 2 fully saturated rings. The Hall–Kier alpha value is -1.61. The highest BCUT2D eigenvalue weighted by atomic mass is 15.2. The van der Waals surface area contributed by atoms with Crippen molar-refractivity contribution < 1.29 is 0 Å². The summed E-state index contributed by atoms with van der Waals surface area (Å²) in [6, 6.07) is 9.57. The number of rotatable bonds is 4. The molecule has 1 aliphatic carbocycles. The fourth-order valence-corrected chi connectivity index (χ4v) is 4.10. The third-order valence-electron chi connectivity index (χ3n) is 5.45. The summed E-state index contributed by atoms with van der Waals surface area (Å²) in [7, 11) is 0. The minimum atomic E-state index is 0.703. The van der Waals surface area contributed by atoms with E-state index < -0.39 is 0 Å². The second-order valence-corrected chi connectivity index (χ2v) is 7.17. The molecular weight excluding hydrogens is 282 g/mol. The molecule has 1 saturated carbocycles. The van der Waals surface area contributed by atoms with E-state index in [1.54, 1.807) is 0 Å². The van der Waals surface area contributed by atoms with Crippen LogP contribution in [0.4, 0.5) is 5.82 Å². The number of nitrogens with one attached hydrogen (secondary N) is 1. The van der Waals surface area contributed by atoms with E-state index in [9.17, 15) is 0 Å². The largest absolute Gasteiger partial charge is 0.356 e. The minimum Gasteiger partial charge on any atom is -0.356 e. The van der Waals surface area contributed by atoms with Gasteiger partial charge >= 0.3 is 0 Å². The standard InChI is InChI=1S/C20H27N3/c1-15-7-6-8-16-13-17(14-21-18-9-2-3-10-18)20(22-19(15)16)23-11-4-5-12-23/h6-8,13,18,21H,2-5,9-12,14H2,1H3. The maximum atomic E-state index is 5.09. The molecule has 0 atom stereocenters. The Morgan fingerprint density at radius 1 is 1.13 bits per heavy atom. The highest BCUT2D eigenvalue weighted by Gasteiger charge is 2.20. The number of pyridine rings is 1. The van der Waals surface area contributed by atoms with Gasteiger partial charge in [-0.1, -0.05) is 31.0 Å². The van der Waals surface area contributed by atoms with E-state index in [1.807, 2.05) is 0 Å².